The van der Waals surface area contributed by atoms with Crippen molar-refractivity contribution < 1.29 is 52.6 Å². The number of esters is 2. The summed E-state index contributed by atoms with van der Waals surface area (Å²) in [5, 5.41) is 18.6. The first-order chi connectivity index (χ1) is 28.5. The lowest BCUT2D eigenvalue weighted by molar-refractivity contribution is -0.161. The quantitative estimate of drug-likeness (QED) is 0.0199. The van der Waals surface area contributed by atoms with E-state index in [1.54, 1.807) is 0 Å². The molecule has 0 aliphatic carbocycles. The maximum atomic E-state index is 12.6. The van der Waals surface area contributed by atoms with Gasteiger partial charge in [-0.15, -0.1) is 0 Å². The number of allylic oxidation sites excluding steroid dienone is 15. The Balaban J connectivity index is 4.61. The Kier molecular flexibility index (Phi) is 37.3. The molecule has 0 saturated heterocycles. The third-order valence-corrected chi connectivity index (χ3v) is 9.31. The van der Waals surface area contributed by atoms with Crippen LogP contribution in [0.3, 0.4) is 0 Å². The number of hydrogen-bond donors (Lipinski definition) is 4. The number of carbonyl (C=O) groups excluding carboxylic acids is 2. The van der Waals surface area contributed by atoms with E-state index in [9.17, 15) is 28.9 Å². The fraction of sp³-hybridized carbons (Fsp3) is 0.587. The minimum atomic E-state index is -4.76. The van der Waals surface area contributed by atoms with Gasteiger partial charge in [-0.1, -0.05) is 130 Å². The summed E-state index contributed by atoms with van der Waals surface area (Å²) in [5.74, 6) is -2.56. The highest BCUT2D eigenvalue weighted by Crippen LogP contribution is 2.43. The van der Waals surface area contributed by atoms with Crippen molar-refractivity contribution in [1.29, 1.82) is 0 Å². The molecule has 2 unspecified atom stereocenters. The second-order valence-corrected chi connectivity index (χ2v) is 15.4. The van der Waals surface area contributed by atoms with Gasteiger partial charge in [0.2, 0.25) is 0 Å². The molecule has 0 rings (SSSR count). The largest absolute Gasteiger partial charge is 0.480 e. The molecule has 0 radical (unpaired) electrons. The smallest absolute Gasteiger partial charge is 0.472 e. The summed E-state index contributed by atoms with van der Waals surface area (Å²) in [6.45, 7) is 2.43. The Hall–Kier alpha value is -3.64. The van der Waals surface area contributed by atoms with E-state index in [4.69, 9.17) is 24.8 Å². The normalized spacial score (nSPS) is 15.2. The number of ether oxygens (including phenoxy) is 2. The number of rotatable bonds is 38. The lowest BCUT2D eigenvalue weighted by Gasteiger charge is -2.20. The molecule has 4 atom stereocenters. The number of carbonyl (C=O) groups is 3. The third-order valence-electron chi connectivity index (χ3n) is 8.36. The monoisotopic (exact) mass is 847 g/mol. The Morgan fingerprint density at radius 2 is 1.03 bits per heavy atom. The number of aliphatic hydroxyl groups excluding tert-OH is 1. The molecule has 0 aromatic heterocycles. The molecule has 0 aliphatic heterocycles. The van der Waals surface area contributed by atoms with Crippen LogP contribution in [0.1, 0.15) is 136 Å². The maximum Gasteiger partial charge on any atom is 0.472 e. The van der Waals surface area contributed by atoms with Crippen LogP contribution in [0, 0.1) is 0 Å². The van der Waals surface area contributed by atoms with Crippen LogP contribution >= 0.6 is 7.82 Å². The van der Waals surface area contributed by atoms with Gasteiger partial charge in [0.1, 0.15) is 12.6 Å². The summed E-state index contributed by atoms with van der Waals surface area (Å²) in [6.07, 6.45) is 46.9. The highest BCUT2D eigenvalue weighted by Gasteiger charge is 2.28. The minimum absolute atomic E-state index is 0.0603. The number of aliphatic hydroxyl groups is 1. The zero-order valence-electron chi connectivity index (χ0n) is 35.7. The molecule has 59 heavy (non-hydrogen) atoms. The van der Waals surface area contributed by atoms with Crippen LogP contribution in [-0.2, 0) is 37.5 Å². The van der Waals surface area contributed by atoms with E-state index in [0.717, 1.165) is 57.8 Å². The van der Waals surface area contributed by atoms with Crippen molar-refractivity contribution in [2.75, 3.05) is 19.8 Å². The molecule has 0 spiro atoms. The molecule has 0 saturated carbocycles. The summed E-state index contributed by atoms with van der Waals surface area (Å²) in [7, 11) is -4.76. The van der Waals surface area contributed by atoms with Crippen molar-refractivity contribution in [2.45, 2.75) is 154 Å². The van der Waals surface area contributed by atoms with E-state index < -0.39 is 57.7 Å². The molecule has 0 heterocycles. The third kappa shape index (κ3) is 39.6. The number of phosphoric ester groups is 1. The van der Waals surface area contributed by atoms with Gasteiger partial charge in [0.05, 0.1) is 19.3 Å². The van der Waals surface area contributed by atoms with Crippen molar-refractivity contribution in [3.63, 3.8) is 0 Å². The van der Waals surface area contributed by atoms with Gasteiger partial charge in [-0.05, 0) is 89.9 Å². The topological polar surface area (TPSA) is 192 Å². The number of hydrogen-bond acceptors (Lipinski definition) is 10. The van der Waals surface area contributed by atoms with Gasteiger partial charge in [0.25, 0.3) is 0 Å². The van der Waals surface area contributed by atoms with Crippen molar-refractivity contribution in [2.24, 2.45) is 5.73 Å². The number of aliphatic carboxylic acids is 1. The number of unbranched alkanes of at least 4 members (excludes halogenated alkanes) is 5. The summed E-state index contributed by atoms with van der Waals surface area (Å²) >= 11 is 0. The predicted molar refractivity (Wildman–Crippen MR) is 236 cm³/mol. The fourth-order valence-electron chi connectivity index (χ4n) is 5.00. The molecule has 0 fully saturated rings. The molecule has 0 bridgehead atoms. The first kappa shape index (κ1) is 55.4. The van der Waals surface area contributed by atoms with Gasteiger partial charge in [0.15, 0.2) is 6.10 Å². The van der Waals surface area contributed by atoms with E-state index in [1.807, 2.05) is 30.4 Å². The van der Waals surface area contributed by atoms with Crippen LogP contribution in [0.2, 0.25) is 0 Å². The maximum absolute atomic E-state index is 12.6. The highest BCUT2D eigenvalue weighted by molar-refractivity contribution is 7.47. The molecular weight excluding hydrogens is 773 g/mol. The molecule has 0 aliphatic rings. The first-order valence-corrected chi connectivity index (χ1v) is 22.8. The van der Waals surface area contributed by atoms with E-state index in [1.165, 1.54) is 19.3 Å². The molecule has 0 aromatic rings. The number of carboxylic acids is 1. The molecule has 0 aromatic carbocycles. The second-order valence-electron chi connectivity index (χ2n) is 13.9. The lowest BCUT2D eigenvalue weighted by Crippen LogP contribution is -2.34. The molecule has 12 nitrogen and oxygen atoms in total. The van der Waals surface area contributed by atoms with Crippen LogP contribution in [0.5, 0.6) is 0 Å². The van der Waals surface area contributed by atoms with E-state index in [0.29, 0.717) is 32.1 Å². The zero-order valence-corrected chi connectivity index (χ0v) is 36.6. The Morgan fingerprint density at radius 1 is 0.593 bits per heavy atom. The molecular formula is C46H74NO11P. The van der Waals surface area contributed by atoms with Gasteiger partial charge < -0.3 is 30.3 Å². The van der Waals surface area contributed by atoms with Gasteiger partial charge in [-0.2, -0.15) is 0 Å². The molecule has 5 N–H and O–H groups in total. The summed E-state index contributed by atoms with van der Waals surface area (Å²) < 4.78 is 32.5. The van der Waals surface area contributed by atoms with E-state index >= 15 is 0 Å². The SMILES string of the molecule is CCCCC/C=C\C/C=C\C/C=C\C/C=C\CCCC(=O)O[C@H](COC(=O)CCC/C=C\C/C=C\C/C=C\C/C=C\CC(O)CCC)COP(=O)(O)OC[C@H](N)C(=O)O. The standard InChI is InChI=1S/C46H74NO11P/c1-3-5-6-7-8-9-10-11-12-13-14-17-21-24-27-30-33-37-45(50)58-42(39-56-59(53,54)57-40-43(47)46(51)52)38-55-44(49)36-32-29-26-23-20-18-15-16-19-22-25-28-31-35-41(48)34-4-2/h8-9,11-12,14-15,17-19,22-24,26-28,31,41-43,48H,3-7,10,13,16,20-21,25,29-30,32-40,47H2,1-2H3,(H,51,52)(H,53,54)/b9-8-,12-11-,17-14-,18-15-,22-19-,26-23-,27-24-,31-28-/t41?,42-,43+/m1/s1. The summed E-state index contributed by atoms with van der Waals surface area (Å²) in [5.41, 5.74) is 5.32. The molecule has 13 heteroatoms. The Bertz CT molecular complexity index is 1380. The van der Waals surface area contributed by atoms with Crippen LogP contribution in [0.4, 0.5) is 0 Å². The molecule has 0 amide bonds. The average Bonchev–Trinajstić information content (AvgIpc) is 3.20. The van der Waals surface area contributed by atoms with Crippen molar-refractivity contribution in [3.8, 4) is 0 Å². The van der Waals surface area contributed by atoms with Crippen molar-refractivity contribution in [3.05, 3.63) is 97.2 Å². The zero-order chi connectivity index (χ0) is 43.7. The van der Waals surface area contributed by atoms with Crippen molar-refractivity contribution in [1.82, 2.24) is 0 Å². The van der Waals surface area contributed by atoms with Crippen LogP contribution in [0.15, 0.2) is 97.2 Å². The van der Waals surface area contributed by atoms with Gasteiger partial charge in [0, 0.05) is 12.8 Å². The Labute approximate surface area is 354 Å². The number of carboxylic acid groups (broad SMARTS) is 1. The van der Waals surface area contributed by atoms with Crippen LogP contribution in [0.25, 0.3) is 0 Å². The van der Waals surface area contributed by atoms with Gasteiger partial charge in [-0.3, -0.25) is 23.4 Å². The van der Waals surface area contributed by atoms with Crippen LogP contribution in [-0.4, -0.2) is 71.1 Å². The van der Waals surface area contributed by atoms with E-state index in [-0.39, 0.29) is 18.9 Å². The number of phosphoric acid groups is 1. The highest BCUT2D eigenvalue weighted by atomic mass is 31.2. The lowest BCUT2D eigenvalue weighted by atomic mass is 10.1. The first-order valence-electron chi connectivity index (χ1n) is 21.3. The van der Waals surface area contributed by atoms with E-state index in [2.05, 4.69) is 85.2 Å². The summed E-state index contributed by atoms with van der Waals surface area (Å²) in [6, 6.07) is -1.55. The fourth-order valence-corrected chi connectivity index (χ4v) is 5.78. The predicted octanol–water partition coefficient (Wildman–Crippen LogP) is 10.2. The average molecular weight is 848 g/mol. The second kappa shape index (κ2) is 39.8. The van der Waals surface area contributed by atoms with Crippen LogP contribution < -0.4 is 5.73 Å². The number of nitrogens with two attached hydrogens (primary N) is 1. The minimum Gasteiger partial charge on any atom is -0.480 e. The Morgan fingerprint density at radius 3 is 1.51 bits per heavy atom. The van der Waals surface area contributed by atoms with Gasteiger partial charge >= 0.3 is 25.7 Å². The van der Waals surface area contributed by atoms with Crippen molar-refractivity contribution >= 4 is 25.7 Å². The van der Waals surface area contributed by atoms with Gasteiger partial charge in [-0.25, -0.2) is 4.57 Å². The summed E-state index contributed by atoms with van der Waals surface area (Å²) in [4.78, 5) is 45.9. The molecule has 334 valence electrons.